The molecule has 1 N–H and O–H groups in total. The number of anilines is 1. The average Bonchev–Trinajstić information content (AvgIpc) is 2.52. The van der Waals surface area contributed by atoms with Crippen molar-refractivity contribution in [2.45, 2.75) is 45.1 Å². The smallest absolute Gasteiger partial charge is 0.309 e. The number of halogens is 2. The van der Waals surface area contributed by atoms with Crippen LogP contribution >= 0.6 is 23.2 Å². The van der Waals surface area contributed by atoms with Crippen molar-refractivity contribution in [3.8, 4) is 0 Å². The van der Waals surface area contributed by atoms with Gasteiger partial charge in [0.2, 0.25) is 0 Å². The fourth-order valence-corrected chi connectivity index (χ4v) is 2.84. The molecule has 120 valence electrons. The van der Waals surface area contributed by atoms with E-state index in [2.05, 4.69) is 5.32 Å². The molecule has 1 saturated carbocycles. The van der Waals surface area contributed by atoms with Gasteiger partial charge in [0.15, 0.2) is 6.10 Å². The molecule has 1 atom stereocenters. The molecule has 22 heavy (non-hydrogen) atoms. The van der Waals surface area contributed by atoms with E-state index >= 15 is 0 Å². The molecule has 1 aromatic rings. The lowest BCUT2D eigenvalue weighted by molar-refractivity contribution is -0.158. The Morgan fingerprint density at radius 3 is 2.59 bits per heavy atom. The highest BCUT2D eigenvalue weighted by atomic mass is 35.5. The Morgan fingerprint density at radius 1 is 1.23 bits per heavy atom. The SMILES string of the molecule is CC(OC(=O)C1CCCCC1)C(=O)Nc1cccc(Cl)c1Cl. The van der Waals surface area contributed by atoms with E-state index in [1.807, 2.05) is 0 Å². The molecule has 6 heteroatoms. The second kappa shape index (κ2) is 7.84. The molecule has 0 saturated heterocycles. The number of benzene rings is 1. The fourth-order valence-electron chi connectivity index (χ4n) is 2.50. The second-order valence-corrected chi connectivity index (χ2v) is 6.29. The molecule has 1 amide bonds. The zero-order valence-corrected chi connectivity index (χ0v) is 13.9. The van der Waals surface area contributed by atoms with E-state index in [1.54, 1.807) is 25.1 Å². The van der Waals surface area contributed by atoms with Crippen LogP contribution in [0.4, 0.5) is 5.69 Å². The molecule has 1 fully saturated rings. The van der Waals surface area contributed by atoms with Crippen LogP contribution in [-0.2, 0) is 14.3 Å². The van der Waals surface area contributed by atoms with Gasteiger partial charge in [-0.25, -0.2) is 0 Å². The molecule has 1 aromatic carbocycles. The first-order valence-corrected chi connectivity index (χ1v) is 8.20. The number of hydrogen-bond acceptors (Lipinski definition) is 3. The number of hydrogen-bond donors (Lipinski definition) is 1. The number of carbonyl (C=O) groups excluding carboxylic acids is 2. The van der Waals surface area contributed by atoms with Gasteiger partial charge in [0.25, 0.3) is 5.91 Å². The zero-order chi connectivity index (χ0) is 16.1. The first-order chi connectivity index (χ1) is 10.5. The molecule has 0 bridgehead atoms. The van der Waals surface area contributed by atoms with E-state index in [0.717, 1.165) is 32.1 Å². The van der Waals surface area contributed by atoms with Gasteiger partial charge < -0.3 is 10.1 Å². The van der Waals surface area contributed by atoms with Crippen molar-refractivity contribution in [1.29, 1.82) is 0 Å². The van der Waals surface area contributed by atoms with E-state index in [4.69, 9.17) is 27.9 Å². The lowest BCUT2D eigenvalue weighted by Gasteiger charge is -2.22. The fraction of sp³-hybridized carbons (Fsp3) is 0.500. The summed E-state index contributed by atoms with van der Waals surface area (Å²) in [7, 11) is 0. The van der Waals surface area contributed by atoms with Crippen LogP contribution in [-0.4, -0.2) is 18.0 Å². The first-order valence-electron chi connectivity index (χ1n) is 7.44. The standard InChI is InChI=1S/C16H19Cl2NO3/c1-10(22-16(21)11-6-3-2-4-7-11)15(20)19-13-9-5-8-12(17)14(13)18/h5,8-11H,2-4,6-7H2,1H3,(H,19,20). The molecule has 2 rings (SSSR count). The van der Waals surface area contributed by atoms with Gasteiger partial charge >= 0.3 is 5.97 Å². The van der Waals surface area contributed by atoms with Crippen LogP contribution in [0, 0.1) is 5.92 Å². The predicted octanol–water partition coefficient (Wildman–Crippen LogP) is 4.44. The first kappa shape index (κ1) is 17.1. The van der Waals surface area contributed by atoms with E-state index in [-0.39, 0.29) is 16.9 Å². The third kappa shape index (κ3) is 4.37. The van der Waals surface area contributed by atoms with E-state index in [1.165, 1.54) is 0 Å². The molecule has 4 nitrogen and oxygen atoms in total. The number of ether oxygens (including phenoxy) is 1. The van der Waals surface area contributed by atoms with Crippen molar-refractivity contribution >= 4 is 40.8 Å². The molecule has 1 unspecified atom stereocenters. The predicted molar refractivity (Wildman–Crippen MR) is 87.2 cm³/mol. The number of rotatable bonds is 4. The zero-order valence-electron chi connectivity index (χ0n) is 12.4. The number of nitrogens with one attached hydrogen (secondary N) is 1. The number of esters is 1. The van der Waals surface area contributed by atoms with Gasteiger partial charge in [0.1, 0.15) is 0 Å². The van der Waals surface area contributed by atoms with Gasteiger partial charge in [-0.15, -0.1) is 0 Å². The Balaban J connectivity index is 1.91. The molecule has 1 aliphatic carbocycles. The van der Waals surface area contributed by atoms with Gasteiger partial charge in [-0.2, -0.15) is 0 Å². The second-order valence-electron chi connectivity index (χ2n) is 5.50. The third-order valence-electron chi connectivity index (χ3n) is 3.81. The molecular weight excluding hydrogens is 325 g/mol. The molecule has 0 spiro atoms. The summed E-state index contributed by atoms with van der Waals surface area (Å²) < 4.78 is 5.27. The van der Waals surface area contributed by atoms with Crippen LogP contribution in [0.25, 0.3) is 0 Å². The molecule has 1 aliphatic rings. The number of amides is 1. The maximum Gasteiger partial charge on any atom is 0.309 e. The summed E-state index contributed by atoms with van der Waals surface area (Å²) in [5, 5.41) is 3.25. The van der Waals surface area contributed by atoms with Crippen molar-refractivity contribution in [1.82, 2.24) is 0 Å². The van der Waals surface area contributed by atoms with Crippen LogP contribution in [0.2, 0.25) is 10.0 Å². The lowest BCUT2D eigenvalue weighted by Crippen LogP contribution is -2.33. The highest BCUT2D eigenvalue weighted by Gasteiger charge is 2.26. The highest BCUT2D eigenvalue weighted by Crippen LogP contribution is 2.30. The van der Waals surface area contributed by atoms with Crippen LogP contribution < -0.4 is 5.32 Å². The van der Waals surface area contributed by atoms with Crippen molar-refractivity contribution in [2.75, 3.05) is 5.32 Å². The summed E-state index contributed by atoms with van der Waals surface area (Å²) in [6, 6.07) is 4.95. The van der Waals surface area contributed by atoms with Crippen LogP contribution in [0.3, 0.4) is 0 Å². The Labute approximate surface area is 140 Å². The maximum atomic E-state index is 12.1. The minimum atomic E-state index is -0.871. The topological polar surface area (TPSA) is 55.4 Å². The normalized spacial score (nSPS) is 16.9. The van der Waals surface area contributed by atoms with E-state index in [9.17, 15) is 9.59 Å². The van der Waals surface area contributed by atoms with Gasteiger partial charge in [-0.05, 0) is 31.9 Å². The maximum absolute atomic E-state index is 12.1. The molecular formula is C16H19Cl2NO3. The quantitative estimate of drug-likeness (QED) is 0.822. The van der Waals surface area contributed by atoms with Crippen LogP contribution in [0.5, 0.6) is 0 Å². The Morgan fingerprint density at radius 2 is 1.91 bits per heavy atom. The van der Waals surface area contributed by atoms with Crippen molar-refractivity contribution in [3.63, 3.8) is 0 Å². The summed E-state index contributed by atoms with van der Waals surface area (Å²) >= 11 is 11.9. The van der Waals surface area contributed by atoms with Crippen molar-refractivity contribution < 1.29 is 14.3 Å². The Hall–Kier alpha value is -1.26. The van der Waals surface area contributed by atoms with Crippen LogP contribution in [0.15, 0.2) is 18.2 Å². The molecule has 0 aliphatic heterocycles. The monoisotopic (exact) mass is 343 g/mol. The number of carbonyl (C=O) groups is 2. The van der Waals surface area contributed by atoms with E-state index in [0.29, 0.717) is 10.7 Å². The summed E-state index contributed by atoms with van der Waals surface area (Å²) in [4.78, 5) is 24.1. The van der Waals surface area contributed by atoms with Crippen molar-refractivity contribution in [2.24, 2.45) is 5.92 Å². The van der Waals surface area contributed by atoms with Crippen molar-refractivity contribution in [3.05, 3.63) is 28.2 Å². The summed E-state index contributed by atoms with van der Waals surface area (Å²) in [6.07, 6.45) is 4.05. The largest absolute Gasteiger partial charge is 0.452 e. The Bertz CT molecular complexity index is 556. The lowest BCUT2D eigenvalue weighted by atomic mass is 9.89. The average molecular weight is 344 g/mol. The molecule has 0 aromatic heterocycles. The minimum Gasteiger partial charge on any atom is -0.452 e. The summed E-state index contributed by atoms with van der Waals surface area (Å²) in [5.41, 5.74) is 0.403. The minimum absolute atomic E-state index is 0.0845. The molecule has 0 heterocycles. The Kier molecular flexibility index (Phi) is 6.09. The van der Waals surface area contributed by atoms with Gasteiger partial charge in [0, 0.05) is 0 Å². The van der Waals surface area contributed by atoms with Gasteiger partial charge in [-0.1, -0.05) is 48.5 Å². The van der Waals surface area contributed by atoms with E-state index < -0.39 is 12.0 Å². The summed E-state index contributed by atoms with van der Waals surface area (Å²) in [6.45, 7) is 1.55. The third-order valence-corrected chi connectivity index (χ3v) is 4.63. The van der Waals surface area contributed by atoms with Gasteiger partial charge in [0.05, 0.1) is 21.7 Å². The summed E-state index contributed by atoms with van der Waals surface area (Å²) in [5.74, 6) is -0.799. The van der Waals surface area contributed by atoms with Crippen LogP contribution in [0.1, 0.15) is 39.0 Å². The highest BCUT2D eigenvalue weighted by molar-refractivity contribution is 6.44. The van der Waals surface area contributed by atoms with Gasteiger partial charge in [-0.3, -0.25) is 9.59 Å². The molecule has 0 radical (unpaired) electrons.